The van der Waals surface area contributed by atoms with E-state index >= 15 is 0 Å². The van der Waals surface area contributed by atoms with Crippen molar-refractivity contribution >= 4 is 29.1 Å². The lowest BCUT2D eigenvalue weighted by molar-refractivity contribution is -0.121. The van der Waals surface area contributed by atoms with Crippen LogP contribution < -0.4 is 10.2 Å². The van der Waals surface area contributed by atoms with Gasteiger partial charge in [-0.05, 0) is 30.3 Å². The molecule has 0 atom stereocenters. The number of benzene rings is 1. The molecule has 3 amide bonds. The Morgan fingerprint density at radius 1 is 1.10 bits per heavy atom. The van der Waals surface area contributed by atoms with E-state index in [0.717, 1.165) is 4.90 Å². The molecule has 0 bridgehead atoms. The Labute approximate surface area is 120 Å². The molecule has 0 aliphatic carbocycles. The molecule has 0 unspecified atom stereocenters. The number of imide groups is 1. The van der Waals surface area contributed by atoms with E-state index < -0.39 is 5.91 Å². The third-order valence-electron chi connectivity index (χ3n) is 3.16. The predicted octanol–water partition coefficient (Wildman–Crippen LogP) is 2.19. The highest BCUT2D eigenvalue weighted by atomic mass is 16.3. The normalized spacial score (nSPS) is 14.6. The summed E-state index contributed by atoms with van der Waals surface area (Å²) in [6.45, 7) is 0. The minimum absolute atomic E-state index is 0.189. The SMILES string of the molecule is O=C(Nc1cccc(N2C(=O)CCC2=O)c1)c1ccco1. The molecular formula is C15H12N2O4. The highest BCUT2D eigenvalue weighted by molar-refractivity contribution is 6.20. The zero-order valence-electron chi connectivity index (χ0n) is 11.0. The number of nitrogens with zero attached hydrogens (tertiary/aromatic N) is 1. The van der Waals surface area contributed by atoms with Crippen LogP contribution >= 0.6 is 0 Å². The van der Waals surface area contributed by atoms with Crippen LogP contribution in [0.3, 0.4) is 0 Å². The molecule has 6 heteroatoms. The van der Waals surface area contributed by atoms with Gasteiger partial charge in [0, 0.05) is 18.5 Å². The molecule has 2 aromatic rings. The number of hydrogen-bond donors (Lipinski definition) is 1. The number of carbonyl (C=O) groups excluding carboxylic acids is 3. The van der Waals surface area contributed by atoms with Gasteiger partial charge in [-0.15, -0.1) is 0 Å². The smallest absolute Gasteiger partial charge is 0.291 e. The third kappa shape index (κ3) is 2.55. The average Bonchev–Trinajstić information content (AvgIpc) is 3.09. The van der Waals surface area contributed by atoms with Crippen LogP contribution in [0.15, 0.2) is 47.1 Å². The molecule has 21 heavy (non-hydrogen) atoms. The molecule has 1 fully saturated rings. The molecule has 0 saturated carbocycles. The van der Waals surface area contributed by atoms with Crippen molar-refractivity contribution in [2.75, 3.05) is 10.2 Å². The molecule has 1 saturated heterocycles. The number of hydrogen-bond acceptors (Lipinski definition) is 4. The van der Waals surface area contributed by atoms with E-state index in [1.165, 1.54) is 6.26 Å². The van der Waals surface area contributed by atoms with E-state index in [4.69, 9.17) is 4.42 Å². The Morgan fingerprint density at radius 3 is 2.52 bits per heavy atom. The maximum Gasteiger partial charge on any atom is 0.291 e. The molecule has 3 rings (SSSR count). The van der Waals surface area contributed by atoms with Gasteiger partial charge in [0.2, 0.25) is 11.8 Å². The number of rotatable bonds is 3. The molecule has 1 aliphatic rings. The van der Waals surface area contributed by atoms with Crippen LogP contribution in [0, 0.1) is 0 Å². The Bertz CT molecular complexity index is 690. The summed E-state index contributed by atoms with van der Waals surface area (Å²) >= 11 is 0. The van der Waals surface area contributed by atoms with Gasteiger partial charge in [-0.25, -0.2) is 0 Å². The van der Waals surface area contributed by atoms with Crippen LogP contribution in [-0.4, -0.2) is 17.7 Å². The molecule has 1 aliphatic heterocycles. The Kier molecular flexibility index (Phi) is 3.27. The van der Waals surface area contributed by atoms with Crippen LogP contribution in [0.1, 0.15) is 23.4 Å². The van der Waals surface area contributed by atoms with Crippen molar-refractivity contribution < 1.29 is 18.8 Å². The van der Waals surface area contributed by atoms with Crippen LogP contribution in [0.5, 0.6) is 0 Å². The molecule has 106 valence electrons. The summed E-state index contributed by atoms with van der Waals surface area (Å²) in [5, 5.41) is 2.66. The lowest BCUT2D eigenvalue weighted by atomic mass is 10.2. The summed E-state index contributed by atoms with van der Waals surface area (Å²) in [4.78, 5) is 36.4. The Morgan fingerprint density at radius 2 is 1.86 bits per heavy atom. The third-order valence-corrected chi connectivity index (χ3v) is 3.16. The number of carbonyl (C=O) groups is 3. The molecule has 1 aromatic heterocycles. The van der Waals surface area contributed by atoms with Crippen molar-refractivity contribution in [3.63, 3.8) is 0 Å². The highest BCUT2D eigenvalue weighted by Crippen LogP contribution is 2.25. The quantitative estimate of drug-likeness (QED) is 0.876. The summed E-state index contributed by atoms with van der Waals surface area (Å²) in [5.74, 6) is -0.658. The molecule has 0 spiro atoms. The van der Waals surface area contributed by atoms with Crippen molar-refractivity contribution in [1.29, 1.82) is 0 Å². The summed E-state index contributed by atoms with van der Waals surface area (Å²) in [6, 6.07) is 9.76. The molecular weight excluding hydrogens is 272 g/mol. The maximum absolute atomic E-state index is 11.9. The summed E-state index contributed by atoms with van der Waals surface area (Å²) in [7, 11) is 0. The van der Waals surface area contributed by atoms with E-state index in [0.29, 0.717) is 11.4 Å². The molecule has 1 N–H and O–H groups in total. The Balaban J connectivity index is 1.82. The summed E-state index contributed by atoms with van der Waals surface area (Å²) < 4.78 is 5.00. The number of furan rings is 1. The lowest BCUT2D eigenvalue weighted by Crippen LogP contribution is -2.28. The predicted molar refractivity (Wildman–Crippen MR) is 74.8 cm³/mol. The van der Waals surface area contributed by atoms with Crippen LogP contribution in [0.25, 0.3) is 0 Å². The minimum atomic E-state index is -0.392. The fourth-order valence-corrected chi connectivity index (χ4v) is 2.19. The number of anilines is 2. The molecule has 6 nitrogen and oxygen atoms in total. The van der Waals surface area contributed by atoms with Gasteiger partial charge in [-0.2, -0.15) is 0 Å². The first-order chi connectivity index (χ1) is 10.1. The van der Waals surface area contributed by atoms with Crippen molar-refractivity contribution in [3.8, 4) is 0 Å². The van der Waals surface area contributed by atoms with Crippen LogP contribution in [0.2, 0.25) is 0 Å². The molecule has 2 heterocycles. The van der Waals surface area contributed by atoms with Gasteiger partial charge in [0.15, 0.2) is 5.76 Å². The maximum atomic E-state index is 11.9. The van der Waals surface area contributed by atoms with Gasteiger partial charge in [0.05, 0.1) is 12.0 Å². The zero-order chi connectivity index (χ0) is 14.8. The first-order valence-corrected chi connectivity index (χ1v) is 6.46. The van der Waals surface area contributed by atoms with E-state index in [9.17, 15) is 14.4 Å². The van der Waals surface area contributed by atoms with Crippen LogP contribution in [-0.2, 0) is 9.59 Å². The first-order valence-electron chi connectivity index (χ1n) is 6.46. The van der Waals surface area contributed by atoms with Gasteiger partial charge in [0.25, 0.3) is 5.91 Å². The van der Waals surface area contributed by atoms with Gasteiger partial charge >= 0.3 is 0 Å². The van der Waals surface area contributed by atoms with Crippen LogP contribution in [0.4, 0.5) is 11.4 Å². The number of amides is 3. The fraction of sp³-hybridized carbons (Fsp3) is 0.133. The van der Waals surface area contributed by atoms with Gasteiger partial charge in [-0.3, -0.25) is 19.3 Å². The number of nitrogens with one attached hydrogen (secondary N) is 1. The second kappa shape index (κ2) is 5.24. The van der Waals surface area contributed by atoms with E-state index in [1.54, 1.807) is 36.4 Å². The monoisotopic (exact) mass is 284 g/mol. The first kappa shape index (κ1) is 13.1. The van der Waals surface area contributed by atoms with Crippen molar-refractivity contribution in [1.82, 2.24) is 0 Å². The second-order valence-corrected chi connectivity index (χ2v) is 4.60. The summed E-state index contributed by atoms with van der Waals surface area (Å²) in [5.41, 5.74) is 0.946. The zero-order valence-corrected chi connectivity index (χ0v) is 11.0. The van der Waals surface area contributed by atoms with Crippen molar-refractivity contribution in [3.05, 3.63) is 48.4 Å². The second-order valence-electron chi connectivity index (χ2n) is 4.60. The summed E-state index contributed by atoms with van der Waals surface area (Å²) in [6.07, 6.45) is 1.86. The standard InChI is InChI=1S/C15H12N2O4/c18-13-6-7-14(19)17(13)11-4-1-3-10(9-11)16-15(20)12-5-2-8-21-12/h1-5,8-9H,6-7H2,(H,16,20). The van der Waals surface area contributed by atoms with E-state index in [1.807, 2.05) is 0 Å². The highest BCUT2D eigenvalue weighted by Gasteiger charge is 2.30. The minimum Gasteiger partial charge on any atom is -0.459 e. The van der Waals surface area contributed by atoms with E-state index in [-0.39, 0.29) is 30.4 Å². The Hall–Kier alpha value is -2.89. The largest absolute Gasteiger partial charge is 0.459 e. The van der Waals surface area contributed by atoms with Gasteiger partial charge < -0.3 is 9.73 Å². The topological polar surface area (TPSA) is 79.6 Å². The molecule has 1 aromatic carbocycles. The fourth-order valence-electron chi connectivity index (χ4n) is 2.19. The molecule has 0 radical (unpaired) electrons. The van der Waals surface area contributed by atoms with Crippen molar-refractivity contribution in [2.45, 2.75) is 12.8 Å². The average molecular weight is 284 g/mol. The van der Waals surface area contributed by atoms with E-state index in [2.05, 4.69) is 5.32 Å². The lowest BCUT2D eigenvalue weighted by Gasteiger charge is -2.15. The van der Waals surface area contributed by atoms with Gasteiger partial charge in [0.1, 0.15) is 0 Å². The van der Waals surface area contributed by atoms with Crippen molar-refractivity contribution in [2.24, 2.45) is 0 Å². The van der Waals surface area contributed by atoms with Gasteiger partial charge in [-0.1, -0.05) is 6.07 Å².